The van der Waals surface area contributed by atoms with E-state index in [-0.39, 0.29) is 18.0 Å². The first-order chi connectivity index (χ1) is 31.7. The van der Waals surface area contributed by atoms with E-state index in [1.54, 1.807) is 0 Å². The molecular formula is C58H114N2O5. The average Bonchev–Trinajstić information content (AvgIpc) is 3.29. The molecule has 65 heavy (non-hydrogen) atoms. The maximum absolute atomic E-state index is 14.1. The van der Waals surface area contributed by atoms with Crippen molar-refractivity contribution in [2.75, 3.05) is 40.4 Å². The molecule has 0 aromatic rings. The van der Waals surface area contributed by atoms with Gasteiger partial charge in [0.2, 0.25) is 5.91 Å². The average molecular weight is 920 g/mol. The molecule has 0 aromatic heterocycles. The maximum atomic E-state index is 14.1. The minimum absolute atomic E-state index is 0.0245. The van der Waals surface area contributed by atoms with Gasteiger partial charge in [0, 0.05) is 31.8 Å². The highest BCUT2D eigenvalue weighted by Crippen LogP contribution is 2.24. The van der Waals surface area contributed by atoms with Crippen LogP contribution >= 0.6 is 0 Å². The van der Waals surface area contributed by atoms with Gasteiger partial charge in [0.15, 0.2) is 0 Å². The summed E-state index contributed by atoms with van der Waals surface area (Å²) in [5.74, 6) is 1.23. The summed E-state index contributed by atoms with van der Waals surface area (Å²) in [6.45, 7) is 14.3. The molecule has 0 saturated heterocycles. The minimum Gasteiger partial charge on any atom is -0.465 e. The molecule has 0 radical (unpaired) electrons. The highest BCUT2D eigenvalue weighted by molar-refractivity contribution is 5.76. The minimum atomic E-state index is -0.0514. The SMILES string of the molecule is CCCCCCCCCCC(CCCCCC(=O)OCC(CCCCCC)CCCCCCCC)N(CCCN(C)C)C(=O)CCCCCCC(=O)OCC(CCCC)CCCCCC. The molecular weight excluding hydrogens is 805 g/mol. The number of hydrogen-bond donors (Lipinski definition) is 0. The topological polar surface area (TPSA) is 76.2 Å². The van der Waals surface area contributed by atoms with Gasteiger partial charge in [-0.15, -0.1) is 0 Å². The third-order valence-electron chi connectivity index (χ3n) is 13.9. The van der Waals surface area contributed by atoms with Crippen molar-refractivity contribution < 1.29 is 23.9 Å². The standard InChI is InChI=1S/C58H114N2O5/c1-8-13-18-22-24-25-27-34-44-55(45-35-30-38-48-58(63)65-52-54(42-32-21-16-11-4)43-33-26-23-19-14-9-2)60(50-39-49-59(6)7)56(61)46-36-28-29-37-47-57(62)64-51-53(40-17-12-5)41-31-20-15-10-3/h53-55H,8-52H2,1-7H3. The third kappa shape index (κ3) is 42.2. The molecule has 0 heterocycles. The molecule has 0 bridgehead atoms. The van der Waals surface area contributed by atoms with Crippen molar-refractivity contribution in [3.8, 4) is 0 Å². The first kappa shape index (κ1) is 63.4. The van der Waals surface area contributed by atoms with E-state index in [1.807, 2.05) is 0 Å². The molecule has 7 heteroatoms. The van der Waals surface area contributed by atoms with Crippen molar-refractivity contribution in [3.63, 3.8) is 0 Å². The molecule has 0 aliphatic carbocycles. The Kier molecular flexibility index (Phi) is 47.6. The molecule has 0 aromatic carbocycles. The van der Waals surface area contributed by atoms with Crippen LogP contribution in [0.2, 0.25) is 0 Å². The molecule has 386 valence electrons. The quantitative estimate of drug-likeness (QED) is 0.0447. The van der Waals surface area contributed by atoms with Crippen LogP contribution in [0, 0.1) is 11.8 Å². The number of amides is 1. The summed E-state index contributed by atoms with van der Waals surface area (Å²) in [4.78, 5) is 44.2. The van der Waals surface area contributed by atoms with Crippen molar-refractivity contribution in [3.05, 3.63) is 0 Å². The van der Waals surface area contributed by atoms with Crippen LogP contribution < -0.4 is 0 Å². The van der Waals surface area contributed by atoms with Gasteiger partial charge < -0.3 is 19.3 Å². The lowest BCUT2D eigenvalue weighted by atomic mass is 9.95. The largest absolute Gasteiger partial charge is 0.465 e. The summed E-state index contributed by atoms with van der Waals surface area (Å²) in [5.41, 5.74) is 0. The van der Waals surface area contributed by atoms with Crippen molar-refractivity contribution in [1.82, 2.24) is 9.80 Å². The van der Waals surface area contributed by atoms with Crippen molar-refractivity contribution in [2.24, 2.45) is 11.8 Å². The number of carbonyl (C=O) groups excluding carboxylic acids is 3. The van der Waals surface area contributed by atoms with E-state index in [2.05, 4.69) is 58.5 Å². The number of esters is 2. The van der Waals surface area contributed by atoms with Gasteiger partial charge in [0.05, 0.1) is 13.2 Å². The number of nitrogens with zero attached hydrogens (tertiary/aromatic N) is 2. The van der Waals surface area contributed by atoms with E-state index in [0.717, 1.165) is 83.7 Å². The van der Waals surface area contributed by atoms with Gasteiger partial charge in [0.25, 0.3) is 0 Å². The Morgan fingerprint density at radius 3 is 1.09 bits per heavy atom. The number of unbranched alkanes of at least 4 members (excludes halogenated alkanes) is 24. The maximum Gasteiger partial charge on any atom is 0.305 e. The second kappa shape index (κ2) is 48.8. The van der Waals surface area contributed by atoms with Crippen LogP contribution in [0.4, 0.5) is 0 Å². The third-order valence-corrected chi connectivity index (χ3v) is 13.9. The Morgan fingerprint density at radius 2 is 0.677 bits per heavy atom. The van der Waals surface area contributed by atoms with E-state index in [4.69, 9.17) is 9.47 Å². The molecule has 1 amide bonds. The zero-order valence-electron chi connectivity index (χ0n) is 45.0. The number of ether oxygens (including phenoxy) is 2. The summed E-state index contributed by atoms with van der Waals surface area (Å²) in [6, 6.07) is 0.259. The van der Waals surface area contributed by atoms with Gasteiger partial charge in [-0.1, -0.05) is 214 Å². The highest BCUT2D eigenvalue weighted by atomic mass is 16.5. The lowest BCUT2D eigenvalue weighted by molar-refractivity contribution is -0.146. The first-order valence-electron chi connectivity index (χ1n) is 29.0. The number of hydrogen-bond acceptors (Lipinski definition) is 6. The Bertz CT molecular complexity index is 1040. The van der Waals surface area contributed by atoms with Gasteiger partial charge in [-0.3, -0.25) is 14.4 Å². The van der Waals surface area contributed by atoms with Crippen LogP contribution in [0.5, 0.6) is 0 Å². The van der Waals surface area contributed by atoms with Crippen molar-refractivity contribution >= 4 is 17.8 Å². The Balaban J connectivity index is 5.19. The summed E-state index contributed by atoms with van der Waals surface area (Å²) < 4.78 is 11.7. The van der Waals surface area contributed by atoms with E-state index < -0.39 is 0 Å². The predicted octanol–water partition coefficient (Wildman–Crippen LogP) is 17.2. The smallest absolute Gasteiger partial charge is 0.305 e. The highest BCUT2D eigenvalue weighted by Gasteiger charge is 2.23. The molecule has 0 spiro atoms. The Morgan fingerprint density at radius 1 is 0.354 bits per heavy atom. The van der Waals surface area contributed by atoms with E-state index >= 15 is 0 Å². The lowest BCUT2D eigenvalue weighted by Crippen LogP contribution is -2.41. The molecule has 0 N–H and O–H groups in total. The van der Waals surface area contributed by atoms with Gasteiger partial charge in [-0.05, 0) is 96.7 Å². The van der Waals surface area contributed by atoms with Crippen LogP contribution in [0.15, 0.2) is 0 Å². The molecule has 0 aliphatic rings. The number of carbonyl (C=O) groups is 3. The molecule has 7 nitrogen and oxygen atoms in total. The molecule has 3 unspecified atom stereocenters. The zero-order chi connectivity index (χ0) is 47.9. The van der Waals surface area contributed by atoms with E-state index in [1.165, 1.54) is 173 Å². The van der Waals surface area contributed by atoms with Crippen LogP contribution in [-0.4, -0.2) is 74.1 Å². The fraction of sp³-hybridized carbons (Fsp3) is 0.948. The second-order valence-corrected chi connectivity index (χ2v) is 20.7. The van der Waals surface area contributed by atoms with Crippen molar-refractivity contribution in [1.29, 1.82) is 0 Å². The molecule has 0 aliphatic heterocycles. The van der Waals surface area contributed by atoms with Gasteiger partial charge >= 0.3 is 11.9 Å². The summed E-state index contributed by atoms with van der Waals surface area (Å²) in [5, 5.41) is 0. The van der Waals surface area contributed by atoms with Gasteiger partial charge in [0.1, 0.15) is 0 Å². The van der Waals surface area contributed by atoms with Crippen molar-refractivity contribution in [2.45, 2.75) is 304 Å². The number of rotatable bonds is 51. The van der Waals surface area contributed by atoms with Crippen LogP contribution in [0.25, 0.3) is 0 Å². The summed E-state index contributed by atoms with van der Waals surface area (Å²) in [7, 11) is 4.24. The molecule has 0 fully saturated rings. The van der Waals surface area contributed by atoms with E-state index in [9.17, 15) is 14.4 Å². The fourth-order valence-corrected chi connectivity index (χ4v) is 9.52. The monoisotopic (exact) mass is 919 g/mol. The second-order valence-electron chi connectivity index (χ2n) is 20.7. The Labute approximate surface area is 406 Å². The summed E-state index contributed by atoms with van der Waals surface area (Å²) >= 11 is 0. The van der Waals surface area contributed by atoms with Gasteiger partial charge in [-0.25, -0.2) is 0 Å². The van der Waals surface area contributed by atoms with Crippen LogP contribution in [-0.2, 0) is 23.9 Å². The predicted molar refractivity (Wildman–Crippen MR) is 281 cm³/mol. The molecule has 0 saturated carbocycles. The zero-order valence-corrected chi connectivity index (χ0v) is 45.0. The Hall–Kier alpha value is -1.63. The lowest BCUT2D eigenvalue weighted by Gasteiger charge is -2.33. The summed E-state index contributed by atoms with van der Waals surface area (Å²) in [6.07, 6.45) is 46.6. The fourth-order valence-electron chi connectivity index (χ4n) is 9.52. The first-order valence-corrected chi connectivity index (χ1v) is 29.0. The van der Waals surface area contributed by atoms with E-state index in [0.29, 0.717) is 50.2 Å². The van der Waals surface area contributed by atoms with Crippen LogP contribution in [0.3, 0.4) is 0 Å². The van der Waals surface area contributed by atoms with Gasteiger partial charge in [-0.2, -0.15) is 0 Å². The molecule has 3 atom stereocenters. The molecule has 0 rings (SSSR count). The normalized spacial score (nSPS) is 13.0. The van der Waals surface area contributed by atoms with Crippen LogP contribution in [0.1, 0.15) is 298 Å².